The highest BCUT2D eigenvalue weighted by Gasteiger charge is 2.54. The summed E-state index contributed by atoms with van der Waals surface area (Å²) < 4.78 is 21.4. The molecule has 33 heavy (non-hydrogen) atoms. The quantitative estimate of drug-likeness (QED) is 0.153. The molecule has 1 aromatic heterocycles. The number of fused-ring (bicyclic) bond motifs is 1. The van der Waals surface area contributed by atoms with E-state index in [9.17, 15) is 28.8 Å². The number of oxime groups is 1. The number of carbonyl (C=O) groups excluding carboxylic acids is 3. The second-order valence-electron chi connectivity index (χ2n) is 7.07. The van der Waals surface area contributed by atoms with Crippen LogP contribution in [-0.4, -0.2) is 81.7 Å². The summed E-state index contributed by atoms with van der Waals surface area (Å²) >= 11 is 2.20. The summed E-state index contributed by atoms with van der Waals surface area (Å²) in [6, 6.07) is -1.08. The van der Waals surface area contributed by atoms with E-state index in [0.29, 0.717) is 0 Å². The normalized spacial score (nSPS) is 20.6. The van der Waals surface area contributed by atoms with Crippen LogP contribution in [0.4, 0.5) is 9.93 Å². The average molecular weight is 518 g/mol. The first kappa shape index (κ1) is 24.5. The van der Waals surface area contributed by atoms with Crippen LogP contribution in [0.25, 0.3) is 0 Å². The third kappa shape index (κ3) is 5.46. The van der Waals surface area contributed by atoms with Crippen molar-refractivity contribution in [3.63, 3.8) is 0 Å². The van der Waals surface area contributed by atoms with E-state index in [2.05, 4.69) is 20.2 Å². The number of nitrogens with zero attached hydrogens (tertiary/aromatic N) is 3. The summed E-state index contributed by atoms with van der Waals surface area (Å²) in [7, 11) is -3.09. The molecule has 0 radical (unpaired) electrons. The molecule has 178 valence electrons. The van der Waals surface area contributed by atoms with E-state index in [4.69, 9.17) is 16.1 Å². The number of primary amides is 1. The van der Waals surface area contributed by atoms with Gasteiger partial charge in [-0.1, -0.05) is 5.16 Å². The molecule has 0 unspecified atom stereocenters. The van der Waals surface area contributed by atoms with Crippen molar-refractivity contribution in [3.05, 3.63) is 22.3 Å². The van der Waals surface area contributed by atoms with E-state index < -0.39 is 42.7 Å². The number of anilines is 1. The van der Waals surface area contributed by atoms with Gasteiger partial charge in [-0.05, 0) is 0 Å². The Morgan fingerprint density at radius 1 is 1.42 bits per heavy atom. The van der Waals surface area contributed by atoms with E-state index in [0.717, 1.165) is 28.0 Å². The number of aromatic nitrogens is 1. The van der Waals surface area contributed by atoms with Crippen molar-refractivity contribution in [3.8, 4) is 0 Å². The summed E-state index contributed by atoms with van der Waals surface area (Å²) in [5, 5.41) is 16.6. The van der Waals surface area contributed by atoms with Crippen LogP contribution in [0, 0.1) is 0 Å². The molecule has 0 spiro atoms. The van der Waals surface area contributed by atoms with E-state index in [1.807, 2.05) is 0 Å². The van der Waals surface area contributed by atoms with Gasteiger partial charge in [-0.3, -0.25) is 19.1 Å². The van der Waals surface area contributed by atoms with Crippen LogP contribution in [0.3, 0.4) is 0 Å². The largest absolute Gasteiger partial charge is 0.477 e. The van der Waals surface area contributed by atoms with E-state index in [1.165, 1.54) is 18.7 Å². The van der Waals surface area contributed by atoms with Crippen LogP contribution in [0.2, 0.25) is 0 Å². The molecule has 1 fully saturated rings. The SMILES string of the molecule is CP(C)(=O)ON=C(C(=O)N[C@@H]1C(=O)N2C(C(=O)O)=C(COC(N)=O)CS[C@@H]12)c1csc(N)n1. The fourth-order valence-corrected chi connectivity index (χ4v) is 5.06. The third-order valence-electron chi connectivity index (χ3n) is 4.23. The Morgan fingerprint density at radius 3 is 2.67 bits per heavy atom. The number of nitrogen functional groups attached to an aromatic ring is 1. The summed E-state index contributed by atoms with van der Waals surface area (Å²) in [5.74, 6) is -2.81. The Balaban J connectivity index is 1.81. The molecule has 1 aromatic rings. The maximum Gasteiger partial charge on any atom is 0.404 e. The van der Waals surface area contributed by atoms with Gasteiger partial charge in [-0.15, -0.1) is 23.1 Å². The van der Waals surface area contributed by atoms with Crippen molar-refractivity contribution in [1.29, 1.82) is 0 Å². The van der Waals surface area contributed by atoms with Gasteiger partial charge >= 0.3 is 12.1 Å². The molecule has 0 saturated carbocycles. The van der Waals surface area contributed by atoms with Crippen molar-refractivity contribution in [2.75, 3.05) is 31.4 Å². The first-order chi connectivity index (χ1) is 15.4. The fraction of sp³-hybridized carbons (Fsp3) is 0.375. The third-order valence-corrected chi connectivity index (χ3v) is 6.72. The molecule has 3 rings (SSSR count). The minimum absolute atomic E-state index is 0.0559. The Bertz CT molecular complexity index is 1130. The van der Waals surface area contributed by atoms with Crippen LogP contribution >= 0.6 is 30.5 Å². The van der Waals surface area contributed by atoms with Gasteiger partial charge in [0.05, 0.1) is 0 Å². The number of nitrogens with two attached hydrogens (primary N) is 2. The molecule has 17 heteroatoms. The van der Waals surface area contributed by atoms with Crippen molar-refractivity contribution in [2.45, 2.75) is 11.4 Å². The van der Waals surface area contributed by atoms with Gasteiger partial charge in [0.1, 0.15) is 29.4 Å². The van der Waals surface area contributed by atoms with Gasteiger partial charge in [-0.25, -0.2) is 14.6 Å². The smallest absolute Gasteiger partial charge is 0.404 e. The van der Waals surface area contributed by atoms with Crippen molar-refractivity contribution in [1.82, 2.24) is 15.2 Å². The molecular formula is C16H19N6O8PS2. The maximum atomic E-state index is 12.9. The molecule has 14 nitrogen and oxygen atoms in total. The van der Waals surface area contributed by atoms with Gasteiger partial charge in [0.2, 0.25) is 0 Å². The lowest BCUT2D eigenvalue weighted by molar-refractivity contribution is -0.150. The topological polar surface area (TPSA) is 217 Å². The molecule has 6 N–H and O–H groups in total. The highest BCUT2D eigenvalue weighted by Crippen LogP contribution is 2.40. The average Bonchev–Trinajstić information content (AvgIpc) is 3.14. The van der Waals surface area contributed by atoms with Gasteiger partial charge < -0.3 is 31.3 Å². The van der Waals surface area contributed by atoms with Gasteiger partial charge in [0.25, 0.3) is 19.2 Å². The predicted octanol–water partition coefficient (Wildman–Crippen LogP) is -0.182. The lowest BCUT2D eigenvalue weighted by atomic mass is 10.0. The zero-order valence-electron chi connectivity index (χ0n) is 17.2. The van der Waals surface area contributed by atoms with Crippen LogP contribution < -0.4 is 16.8 Å². The van der Waals surface area contributed by atoms with Crippen molar-refractivity contribution in [2.24, 2.45) is 10.9 Å². The number of hydrogen-bond donors (Lipinski definition) is 4. The highest BCUT2D eigenvalue weighted by atomic mass is 32.2. The molecular weight excluding hydrogens is 499 g/mol. The number of ether oxygens (including phenoxy) is 1. The Hall–Kier alpha value is -3.10. The highest BCUT2D eigenvalue weighted by molar-refractivity contribution is 8.00. The first-order valence-electron chi connectivity index (χ1n) is 9.05. The van der Waals surface area contributed by atoms with E-state index >= 15 is 0 Å². The number of hydrogen-bond acceptors (Lipinski definition) is 12. The van der Waals surface area contributed by atoms with Crippen LogP contribution in [0.15, 0.2) is 21.8 Å². The molecule has 2 atom stereocenters. The lowest BCUT2D eigenvalue weighted by Crippen LogP contribution is -2.71. The predicted molar refractivity (Wildman–Crippen MR) is 119 cm³/mol. The fourth-order valence-electron chi connectivity index (χ4n) is 2.90. The monoisotopic (exact) mass is 518 g/mol. The lowest BCUT2D eigenvalue weighted by Gasteiger charge is -2.49. The molecule has 3 heterocycles. The van der Waals surface area contributed by atoms with E-state index in [1.54, 1.807) is 0 Å². The molecule has 0 aliphatic carbocycles. The number of β-lactam (4-membered cyclic amide) rings is 1. The van der Waals surface area contributed by atoms with Crippen LogP contribution in [0.5, 0.6) is 0 Å². The number of nitrogens with one attached hydrogen (secondary N) is 1. The molecule has 2 aliphatic heterocycles. The summed E-state index contributed by atoms with van der Waals surface area (Å²) in [4.78, 5) is 53.2. The van der Waals surface area contributed by atoms with Gasteiger partial charge in [0, 0.05) is 30.0 Å². The van der Waals surface area contributed by atoms with E-state index in [-0.39, 0.29) is 40.2 Å². The number of carboxylic acid groups (broad SMARTS) is 1. The van der Waals surface area contributed by atoms with Crippen LogP contribution in [-0.2, 0) is 28.3 Å². The second kappa shape index (κ2) is 9.41. The second-order valence-corrected chi connectivity index (χ2v) is 11.7. The summed E-state index contributed by atoms with van der Waals surface area (Å²) in [5.41, 5.74) is 10.1. The Morgan fingerprint density at radius 2 is 2.12 bits per heavy atom. The maximum absolute atomic E-state index is 12.9. The molecule has 0 bridgehead atoms. The van der Waals surface area contributed by atoms with Crippen LogP contribution in [0.1, 0.15) is 5.69 Å². The molecule has 3 amide bonds. The number of amides is 3. The Labute approximate surface area is 194 Å². The number of rotatable bonds is 8. The van der Waals surface area contributed by atoms with Crippen molar-refractivity contribution < 1.29 is 38.2 Å². The number of carboxylic acids is 1. The number of thiazole rings is 1. The minimum Gasteiger partial charge on any atom is -0.477 e. The standard InChI is InChI=1S/C16H19N6O8PS2/c1-31(2,28)30-21-8(7-5-33-15(17)19-7)11(23)20-9-12(24)22-10(14(25)26)6(3-29-16(18)27)4-32-13(9)22/h5,9,13H,3-4H2,1-2H3,(H2,17,19)(H2,18,27)(H,20,23)(H,25,26)/t9-,13+/m1/s1. The molecule has 1 saturated heterocycles. The molecule has 0 aromatic carbocycles. The van der Waals surface area contributed by atoms with Gasteiger partial charge in [0.15, 0.2) is 10.8 Å². The number of thioether (sulfide) groups is 1. The molecule has 2 aliphatic rings. The zero-order chi connectivity index (χ0) is 24.5. The number of aliphatic carboxylic acids is 1. The van der Waals surface area contributed by atoms with Gasteiger partial charge in [-0.2, -0.15) is 0 Å². The zero-order valence-corrected chi connectivity index (χ0v) is 19.7. The summed E-state index contributed by atoms with van der Waals surface area (Å²) in [6.07, 6.45) is -1.08. The van der Waals surface area contributed by atoms with Crippen molar-refractivity contribution >= 4 is 65.2 Å². The Kier molecular flexibility index (Phi) is 7.00. The minimum atomic E-state index is -3.09. The summed E-state index contributed by atoms with van der Waals surface area (Å²) in [6.45, 7) is 2.21. The number of carbonyl (C=O) groups is 4. The first-order valence-corrected chi connectivity index (χ1v) is 13.5.